The van der Waals surface area contributed by atoms with Crippen LogP contribution in [0, 0.1) is 0 Å². The molecule has 0 unspecified atom stereocenters. The van der Waals surface area contributed by atoms with Crippen LogP contribution in [0.1, 0.15) is 32.1 Å². The van der Waals surface area contributed by atoms with E-state index < -0.39 is 11.6 Å². The quantitative estimate of drug-likeness (QED) is 0.791. The fourth-order valence-corrected chi connectivity index (χ4v) is 3.78. The maximum atomic E-state index is 12.6. The monoisotopic (exact) mass is 367 g/mol. The number of anilines is 1. The van der Waals surface area contributed by atoms with Crippen molar-refractivity contribution in [1.82, 2.24) is 20.0 Å². The number of nitrogens with one attached hydrogen (secondary N) is 2. The first-order valence-corrected chi connectivity index (χ1v) is 9.11. The van der Waals surface area contributed by atoms with E-state index in [2.05, 4.69) is 15.7 Å². The van der Waals surface area contributed by atoms with E-state index in [1.165, 1.54) is 4.90 Å². The van der Waals surface area contributed by atoms with E-state index in [1.54, 1.807) is 16.9 Å². The molecular weight excluding hydrogens is 346 g/mol. The molecule has 8 nitrogen and oxygen atoms in total. The fraction of sp³-hybridized carbons (Fsp3) is 0.368. The van der Waals surface area contributed by atoms with Crippen LogP contribution in [0.3, 0.4) is 0 Å². The Balaban J connectivity index is 1.36. The number of amides is 4. The highest BCUT2D eigenvalue weighted by Gasteiger charge is 2.52. The second kappa shape index (κ2) is 6.86. The van der Waals surface area contributed by atoms with Gasteiger partial charge in [0.15, 0.2) is 0 Å². The molecular formula is C19H21N5O3. The van der Waals surface area contributed by atoms with Gasteiger partial charge in [0.2, 0.25) is 5.91 Å². The minimum atomic E-state index is -0.731. The van der Waals surface area contributed by atoms with Crippen molar-refractivity contribution in [3.8, 4) is 5.69 Å². The molecule has 1 aliphatic heterocycles. The topological polar surface area (TPSA) is 96.3 Å². The van der Waals surface area contributed by atoms with Crippen molar-refractivity contribution >= 4 is 23.5 Å². The van der Waals surface area contributed by atoms with Crippen molar-refractivity contribution in [2.45, 2.75) is 37.6 Å². The van der Waals surface area contributed by atoms with Gasteiger partial charge in [-0.05, 0) is 37.1 Å². The Morgan fingerprint density at radius 3 is 2.78 bits per heavy atom. The zero-order valence-electron chi connectivity index (χ0n) is 14.9. The van der Waals surface area contributed by atoms with E-state index in [-0.39, 0.29) is 24.8 Å². The van der Waals surface area contributed by atoms with E-state index >= 15 is 0 Å². The van der Waals surface area contributed by atoms with Gasteiger partial charge in [-0.15, -0.1) is 0 Å². The summed E-state index contributed by atoms with van der Waals surface area (Å²) >= 11 is 0. The Morgan fingerprint density at radius 2 is 2.04 bits per heavy atom. The van der Waals surface area contributed by atoms with Crippen LogP contribution in [-0.4, -0.2) is 44.6 Å². The molecule has 140 valence electrons. The summed E-state index contributed by atoms with van der Waals surface area (Å²) in [6.07, 6.45) is 6.79. The third kappa shape index (κ3) is 3.30. The van der Waals surface area contributed by atoms with Gasteiger partial charge < -0.3 is 10.6 Å². The van der Waals surface area contributed by atoms with Crippen LogP contribution in [-0.2, 0) is 9.59 Å². The first-order chi connectivity index (χ1) is 13.1. The fourth-order valence-electron chi connectivity index (χ4n) is 3.78. The SMILES string of the molecule is O=C(CCN1C(=O)NC2(CCCC2)C1=O)Nc1cccc(-n2cccn2)c1. The number of carbonyl (C=O) groups excluding carboxylic acids is 3. The number of nitrogens with zero attached hydrogens (tertiary/aromatic N) is 3. The first-order valence-electron chi connectivity index (χ1n) is 9.11. The number of aromatic nitrogens is 2. The van der Waals surface area contributed by atoms with Gasteiger partial charge in [-0.1, -0.05) is 18.9 Å². The number of hydrogen-bond donors (Lipinski definition) is 2. The first kappa shape index (κ1) is 17.3. The summed E-state index contributed by atoms with van der Waals surface area (Å²) in [5, 5.41) is 9.79. The molecule has 2 aliphatic rings. The molecule has 4 rings (SSSR count). The highest BCUT2D eigenvalue weighted by atomic mass is 16.2. The highest BCUT2D eigenvalue weighted by molar-refractivity contribution is 6.07. The lowest BCUT2D eigenvalue weighted by Crippen LogP contribution is -2.44. The number of hydrogen-bond acceptors (Lipinski definition) is 4. The number of imide groups is 1. The molecule has 8 heteroatoms. The lowest BCUT2D eigenvalue weighted by atomic mass is 9.98. The average molecular weight is 367 g/mol. The molecule has 27 heavy (non-hydrogen) atoms. The van der Waals surface area contributed by atoms with Gasteiger partial charge in [0, 0.05) is 31.0 Å². The summed E-state index contributed by atoms with van der Waals surface area (Å²) < 4.78 is 1.70. The molecule has 1 aromatic carbocycles. The molecule has 1 saturated heterocycles. The molecule has 1 aliphatic carbocycles. The summed E-state index contributed by atoms with van der Waals surface area (Å²) in [6, 6.07) is 8.74. The molecule has 0 atom stereocenters. The Morgan fingerprint density at radius 1 is 1.22 bits per heavy atom. The Bertz CT molecular complexity index is 871. The van der Waals surface area contributed by atoms with E-state index in [1.807, 2.05) is 30.5 Å². The maximum absolute atomic E-state index is 12.6. The van der Waals surface area contributed by atoms with Crippen LogP contribution in [0.25, 0.3) is 5.69 Å². The molecule has 1 aromatic heterocycles. The van der Waals surface area contributed by atoms with Crippen molar-refractivity contribution < 1.29 is 14.4 Å². The van der Waals surface area contributed by atoms with Crippen molar-refractivity contribution in [2.24, 2.45) is 0 Å². The van der Waals surface area contributed by atoms with Gasteiger partial charge >= 0.3 is 6.03 Å². The van der Waals surface area contributed by atoms with E-state index in [9.17, 15) is 14.4 Å². The molecule has 1 spiro atoms. The summed E-state index contributed by atoms with van der Waals surface area (Å²) in [6.45, 7) is 0.0805. The van der Waals surface area contributed by atoms with Crippen molar-refractivity contribution in [3.05, 3.63) is 42.7 Å². The number of carbonyl (C=O) groups is 3. The average Bonchev–Trinajstić information content (AvgIpc) is 3.38. The zero-order chi connectivity index (χ0) is 18.9. The lowest BCUT2D eigenvalue weighted by molar-refractivity contribution is -0.131. The highest BCUT2D eigenvalue weighted by Crippen LogP contribution is 2.35. The second-order valence-corrected chi connectivity index (χ2v) is 6.98. The molecule has 4 amide bonds. The number of urea groups is 1. The van der Waals surface area contributed by atoms with Gasteiger partial charge in [0.05, 0.1) is 5.69 Å². The summed E-state index contributed by atoms with van der Waals surface area (Å²) in [7, 11) is 0. The standard InChI is InChI=1S/C19H21N5O3/c25-16(21-14-5-3-6-15(13-14)24-11-4-10-20-24)7-12-23-17(26)19(22-18(23)27)8-1-2-9-19/h3-6,10-11,13H,1-2,7-9,12H2,(H,21,25)(H,22,27). The van der Waals surface area contributed by atoms with Crippen LogP contribution < -0.4 is 10.6 Å². The van der Waals surface area contributed by atoms with Crippen LogP contribution in [0.2, 0.25) is 0 Å². The Kier molecular flexibility index (Phi) is 4.39. The van der Waals surface area contributed by atoms with Gasteiger partial charge in [0.25, 0.3) is 5.91 Å². The minimum Gasteiger partial charge on any atom is -0.326 e. The molecule has 2 N–H and O–H groups in total. The number of rotatable bonds is 5. The summed E-state index contributed by atoms with van der Waals surface area (Å²) in [5.41, 5.74) is 0.735. The van der Waals surface area contributed by atoms with Gasteiger partial charge in [0.1, 0.15) is 5.54 Å². The van der Waals surface area contributed by atoms with E-state index in [0.29, 0.717) is 18.5 Å². The molecule has 2 fully saturated rings. The maximum Gasteiger partial charge on any atom is 0.325 e. The van der Waals surface area contributed by atoms with Gasteiger partial charge in [-0.25, -0.2) is 9.48 Å². The van der Waals surface area contributed by atoms with Crippen LogP contribution >= 0.6 is 0 Å². The summed E-state index contributed by atoms with van der Waals surface area (Å²) in [5.74, 6) is -0.445. The third-order valence-electron chi connectivity index (χ3n) is 5.16. The molecule has 2 heterocycles. The molecule has 1 saturated carbocycles. The van der Waals surface area contributed by atoms with E-state index in [4.69, 9.17) is 0 Å². The third-order valence-corrected chi connectivity index (χ3v) is 5.16. The van der Waals surface area contributed by atoms with Crippen molar-refractivity contribution in [3.63, 3.8) is 0 Å². The largest absolute Gasteiger partial charge is 0.326 e. The number of benzene rings is 1. The minimum absolute atomic E-state index is 0.0568. The van der Waals surface area contributed by atoms with Gasteiger partial charge in [-0.2, -0.15) is 5.10 Å². The van der Waals surface area contributed by atoms with Crippen LogP contribution in [0.4, 0.5) is 10.5 Å². The van der Waals surface area contributed by atoms with Crippen LogP contribution in [0.5, 0.6) is 0 Å². The Hall–Kier alpha value is -3.16. The smallest absolute Gasteiger partial charge is 0.325 e. The predicted molar refractivity (Wildman–Crippen MR) is 98.3 cm³/mol. The molecule has 0 radical (unpaired) electrons. The lowest BCUT2D eigenvalue weighted by Gasteiger charge is -2.19. The summed E-state index contributed by atoms with van der Waals surface area (Å²) in [4.78, 5) is 38.2. The Labute approximate surface area is 156 Å². The zero-order valence-corrected chi connectivity index (χ0v) is 14.9. The molecule has 0 bridgehead atoms. The van der Waals surface area contributed by atoms with E-state index in [0.717, 1.165) is 18.5 Å². The normalized spacial score (nSPS) is 18.1. The molecule has 2 aromatic rings. The predicted octanol–water partition coefficient (Wildman–Crippen LogP) is 2.07. The van der Waals surface area contributed by atoms with Crippen molar-refractivity contribution in [1.29, 1.82) is 0 Å². The van der Waals surface area contributed by atoms with Crippen LogP contribution in [0.15, 0.2) is 42.7 Å². The second-order valence-electron chi connectivity index (χ2n) is 6.98. The van der Waals surface area contributed by atoms with Gasteiger partial charge in [-0.3, -0.25) is 14.5 Å². The van der Waals surface area contributed by atoms with Crippen molar-refractivity contribution in [2.75, 3.05) is 11.9 Å².